The maximum absolute atomic E-state index is 12.8. The molecule has 0 bridgehead atoms. The van der Waals surface area contributed by atoms with Crippen LogP contribution in [0.1, 0.15) is 21.6 Å². The summed E-state index contributed by atoms with van der Waals surface area (Å²) in [6, 6.07) is 7.99. The Hall–Kier alpha value is -2.55. The van der Waals surface area contributed by atoms with E-state index in [1.165, 1.54) is 11.3 Å². The molecule has 1 fully saturated rings. The Balaban J connectivity index is 1.29. The lowest BCUT2D eigenvalue weighted by Gasteiger charge is -2.34. The zero-order valence-corrected chi connectivity index (χ0v) is 18.7. The third-order valence-corrected chi connectivity index (χ3v) is 6.84. The molecule has 6 nitrogen and oxygen atoms in total. The number of aryl methyl sites for hydroxylation is 2. The largest absolute Gasteiger partial charge is 0.335 e. The molecule has 30 heavy (non-hydrogen) atoms. The summed E-state index contributed by atoms with van der Waals surface area (Å²) in [6.45, 7) is 6.86. The van der Waals surface area contributed by atoms with E-state index in [4.69, 9.17) is 0 Å². The van der Waals surface area contributed by atoms with E-state index in [1.807, 2.05) is 59.2 Å². The molecular weight excluding hydrogens is 416 g/mol. The number of amides is 2. The van der Waals surface area contributed by atoms with Gasteiger partial charge in [0.15, 0.2) is 0 Å². The summed E-state index contributed by atoms with van der Waals surface area (Å²) in [5.74, 6) is -0.0561. The van der Waals surface area contributed by atoms with Crippen molar-refractivity contribution < 1.29 is 9.59 Å². The number of benzene rings is 1. The molecule has 1 aliphatic heterocycles. The van der Waals surface area contributed by atoms with Gasteiger partial charge in [0, 0.05) is 48.2 Å². The number of anilines is 1. The van der Waals surface area contributed by atoms with Gasteiger partial charge in [-0.25, -0.2) is 4.98 Å². The zero-order chi connectivity index (χ0) is 21.1. The molecule has 3 heterocycles. The summed E-state index contributed by atoms with van der Waals surface area (Å²) in [7, 11) is 0. The van der Waals surface area contributed by atoms with E-state index in [9.17, 15) is 9.59 Å². The third kappa shape index (κ3) is 4.61. The molecule has 156 valence electrons. The first-order valence-electron chi connectivity index (χ1n) is 9.87. The monoisotopic (exact) mass is 440 g/mol. The van der Waals surface area contributed by atoms with Gasteiger partial charge >= 0.3 is 0 Å². The summed E-state index contributed by atoms with van der Waals surface area (Å²) in [5.41, 5.74) is 4.57. The third-order valence-electron chi connectivity index (χ3n) is 5.26. The fourth-order valence-corrected chi connectivity index (χ4v) is 5.06. The van der Waals surface area contributed by atoms with Crippen molar-refractivity contribution in [1.29, 1.82) is 0 Å². The second-order valence-corrected chi connectivity index (χ2v) is 9.07. The van der Waals surface area contributed by atoms with Crippen molar-refractivity contribution in [3.8, 4) is 10.6 Å². The highest BCUT2D eigenvalue weighted by molar-refractivity contribution is 7.14. The Labute approximate surface area is 184 Å². The van der Waals surface area contributed by atoms with Crippen LogP contribution >= 0.6 is 22.7 Å². The number of rotatable bonds is 5. The van der Waals surface area contributed by atoms with Gasteiger partial charge in [-0.05, 0) is 36.4 Å². The summed E-state index contributed by atoms with van der Waals surface area (Å²) in [6.07, 6.45) is 0. The molecule has 2 amide bonds. The van der Waals surface area contributed by atoms with E-state index in [1.54, 1.807) is 11.3 Å². The van der Waals surface area contributed by atoms with E-state index in [0.717, 1.165) is 27.4 Å². The highest BCUT2D eigenvalue weighted by atomic mass is 32.1. The van der Waals surface area contributed by atoms with Crippen LogP contribution in [0, 0.1) is 13.8 Å². The number of thiophene rings is 1. The van der Waals surface area contributed by atoms with Gasteiger partial charge in [0.1, 0.15) is 10.7 Å². The van der Waals surface area contributed by atoms with Gasteiger partial charge in [-0.15, -0.1) is 11.3 Å². The van der Waals surface area contributed by atoms with E-state index < -0.39 is 0 Å². The predicted molar refractivity (Wildman–Crippen MR) is 122 cm³/mol. The number of hydrogen-bond donors (Lipinski definition) is 1. The topological polar surface area (TPSA) is 65.5 Å². The minimum atomic E-state index is -0.0348. The van der Waals surface area contributed by atoms with Crippen LogP contribution in [0.5, 0.6) is 0 Å². The molecule has 8 heteroatoms. The van der Waals surface area contributed by atoms with Gasteiger partial charge in [0.25, 0.3) is 5.91 Å². The van der Waals surface area contributed by atoms with Crippen molar-refractivity contribution in [3.63, 3.8) is 0 Å². The van der Waals surface area contributed by atoms with Gasteiger partial charge in [0.05, 0.1) is 6.54 Å². The predicted octanol–water partition coefficient (Wildman–Crippen LogP) is 3.88. The van der Waals surface area contributed by atoms with Gasteiger partial charge in [-0.1, -0.05) is 18.2 Å². The van der Waals surface area contributed by atoms with Crippen LogP contribution in [-0.4, -0.2) is 59.3 Å². The van der Waals surface area contributed by atoms with Crippen LogP contribution in [0.2, 0.25) is 0 Å². The molecule has 0 radical (unpaired) electrons. The van der Waals surface area contributed by atoms with Crippen LogP contribution < -0.4 is 5.32 Å². The summed E-state index contributed by atoms with van der Waals surface area (Å²) >= 11 is 3.12. The number of carbonyl (C=O) groups excluding carboxylic acids is 2. The number of nitrogens with zero attached hydrogens (tertiary/aromatic N) is 3. The molecule has 4 rings (SSSR count). The van der Waals surface area contributed by atoms with Gasteiger partial charge in [-0.2, -0.15) is 11.3 Å². The average molecular weight is 441 g/mol. The number of nitrogens with one attached hydrogen (secondary N) is 1. The number of piperazine rings is 1. The van der Waals surface area contributed by atoms with Crippen molar-refractivity contribution in [1.82, 2.24) is 14.8 Å². The highest BCUT2D eigenvalue weighted by Gasteiger charge is 2.25. The van der Waals surface area contributed by atoms with E-state index in [-0.39, 0.29) is 11.8 Å². The minimum Gasteiger partial charge on any atom is -0.335 e. The molecular formula is C22H24N4O2S2. The Morgan fingerprint density at radius 1 is 1.07 bits per heavy atom. The number of para-hydroxylation sites is 1. The van der Waals surface area contributed by atoms with Crippen molar-refractivity contribution in [2.45, 2.75) is 13.8 Å². The summed E-state index contributed by atoms with van der Waals surface area (Å²) < 4.78 is 0. The molecule has 1 saturated heterocycles. The molecule has 1 N–H and O–H groups in total. The van der Waals surface area contributed by atoms with Crippen LogP contribution in [-0.2, 0) is 4.79 Å². The van der Waals surface area contributed by atoms with Crippen LogP contribution in [0.3, 0.4) is 0 Å². The second-order valence-electron chi connectivity index (χ2n) is 7.43. The number of aromatic nitrogens is 1. The lowest BCUT2D eigenvalue weighted by molar-refractivity contribution is -0.117. The van der Waals surface area contributed by atoms with E-state index >= 15 is 0 Å². The number of thiazole rings is 1. The van der Waals surface area contributed by atoms with Crippen molar-refractivity contribution in [3.05, 3.63) is 57.2 Å². The fourth-order valence-electron chi connectivity index (χ4n) is 3.56. The van der Waals surface area contributed by atoms with Crippen molar-refractivity contribution in [2.75, 3.05) is 38.0 Å². The summed E-state index contributed by atoms with van der Waals surface area (Å²) in [4.78, 5) is 33.7. The van der Waals surface area contributed by atoms with Gasteiger partial charge in [-0.3, -0.25) is 14.5 Å². The maximum atomic E-state index is 12.8. The summed E-state index contributed by atoms with van der Waals surface area (Å²) in [5, 5.41) is 9.79. The average Bonchev–Trinajstić information content (AvgIpc) is 3.42. The molecule has 0 spiro atoms. The van der Waals surface area contributed by atoms with Gasteiger partial charge in [0.2, 0.25) is 5.91 Å². The molecule has 3 aromatic rings. The Morgan fingerprint density at radius 3 is 2.47 bits per heavy atom. The SMILES string of the molecule is Cc1cccc(C)c1NC(=O)CN1CCN(C(=O)c2csc(-c3ccsc3)n2)CC1. The first-order valence-corrected chi connectivity index (χ1v) is 11.7. The molecule has 2 aromatic heterocycles. The molecule has 1 aliphatic rings. The lowest BCUT2D eigenvalue weighted by Crippen LogP contribution is -2.50. The Morgan fingerprint density at radius 2 is 1.80 bits per heavy atom. The number of hydrogen-bond acceptors (Lipinski definition) is 6. The van der Waals surface area contributed by atoms with Gasteiger partial charge < -0.3 is 10.2 Å². The Bertz CT molecular complexity index is 1020. The normalized spacial score (nSPS) is 14.7. The zero-order valence-electron chi connectivity index (χ0n) is 17.1. The first kappa shape index (κ1) is 20.7. The van der Waals surface area contributed by atoms with Crippen LogP contribution in [0.15, 0.2) is 40.4 Å². The number of carbonyl (C=O) groups is 2. The molecule has 0 saturated carbocycles. The van der Waals surface area contributed by atoms with Crippen molar-refractivity contribution >= 4 is 40.2 Å². The van der Waals surface area contributed by atoms with Crippen LogP contribution in [0.4, 0.5) is 5.69 Å². The standard InChI is InChI=1S/C22H24N4O2S2/c1-15-4-3-5-16(2)20(15)24-19(27)12-25-7-9-26(10-8-25)22(28)18-14-30-21(23-18)17-6-11-29-13-17/h3-6,11,13-14H,7-10,12H2,1-2H3,(H,24,27). The quantitative estimate of drug-likeness (QED) is 0.654. The Kier molecular flexibility index (Phi) is 6.26. The molecule has 1 aromatic carbocycles. The highest BCUT2D eigenvalue weighted by Crippen LogP contribution is 2.26. The van der Waals surface area contributed by atoms with E-state index in [2.05, 4.69) is 15.2 Å². The minimum absolute atomic E-state index is 0.0212. The van der Waals surface area contributed by atoms with Crippen LogP contribution in [0.25, 0.3) is 10.6 Å². The molecule has 0 aliphatic carbocycles. The first-order chi connectivity index (χ1) is 14.5. The van der Waals surface area contributed by atoms with E-state index in [0.29, 0.717) is 38.4 Å². The fraction of sp³-hybridized carbons (Fsp3) is 0.318. The lowest BCUT2D eigenvalue weighted by atomic mass is 10.1. The smallest absolute Gasteiger partial charge is 0.273 e. The van der Waals surface area contributed by atoms with Crippen molar-refractivity contribution in [2.24, 2.45) is 0 Å². The second kappa shape index (κ2) is 9.07. The maximum Gasteiger partial charge on any atom is 0.273 e. The molecule has 0 atom stereocenters. The molecule has 0 unspecified atom stereocenters.